The Kier molecular flexibility index (Phi) is 5.00. The molecule has 0 unspecified atom stereocenters. The predicted octanol–water partition coefficient (Wildman–Crippen LogP) is 6.91. The second kappa shape index (κ2) is 7.20. The number of rotatable bonds is 4. The standard InChI is InChI=1S/C23H23FSi/c1-25(2,3)23(21-7-5-4-6-8-21)17-18-9-11-19(12-10-18)20-13-15-22(24)16-14-20/h4-17H,1-3H3/b23-17-. The first kappa shape index (κ1) is 17.4. The second-order valence-corrected chi connectivity index (χ2v) is 12.3. The van der Waals surface area contributed by atoms with Crippen molar-refractivity contribution < 1.29 is 4.39 Å². The van der Waals surface area contributed by atoms with E-state index in [0.29, 0.717) is 0 Å². The third kappa shape index (κ3) is 4.34. The summed E-state index contributed by atoms with van der Waals surface area (Å²) in [5, 5.41) is 1.45. The topological polar surface area (TPSA) is 0 Å². The van der Waals surface area contributed by atoms with Gasteiger partial charge in [-0.05, 0) is 34.4 Å². The molecule has 3 aromatic rings. The normalized spacial score (nSPS) is 12.2. The van der Waals surface area contributed by atoms with Crippen LogP contribution in [0.2, 0.25) is 19.6 Å². The summed E-state index contributed by atoms with van der Waals surface area (Å²) in [5.41, 5.74) is 4.65. The lowest BCUT2D eigenvalue weighted by molar-refractivity contribution is 0.628. The molecule has 0 bridgehead atoms. The van der Waals surface area contributed by atoms with E-state index in [-0.39, 0.29) is 5.82 Å². The summed E-state index contributed by atoms with van der Waals surface area (Å²) in [7, 11) is -1.47. The molecule has 25 heavy (non-hydrogen) atoms. The lowest BCUT2D eigenvalue weighted by Gasteiger charge is -2.22. The predicted molar refractivity (Wildman–Crippen MR) is 109 cm³/mol. The van der Waals surface area contributed by atoms with Gasteiger partial charge in [0.1, 0.15) is 5.82 Å². The van der Waals surface area contributed by atoms with Crippen LogP contribution in [0.5, 0.6) is 0 Å². The quantitative estimate of drug-likeness (QED) is 0.355. The number of halogens is 1. The summed E-state index contributed by atoms with van der Waals surface area (Å²) < 4.78 is 13.1. The Morgan fingerprint density at radius 2 is 1.24 bits per heavy atom. The molecular formula is C23H23FSi. The van der Waals surface area contributed by atoms with E-state index in [1.165, 1.54) is 28.5 Å². The molecule has 0 N–H and O–H groups in total. The van der Waals surface area contributed by atoms with Crippen LogP contribution in [0.3, 0.4) is 0 Å². The van der Waals surface area contributed by atoms with E-state index in [1.54, 1.807) is 0 Å². The van der Waals surface area contributed by atoms with E-state index >= 15 is 0 Å². The van der Waals surface area contributed by atoms with Crippen LogP contribution in [-0.2, 0) is 0 Å². The maximum Gasteiger partial charge on any atom is 0.123 e. The van der Waals surface area contributed by atoms with Gasteiger partial charge in [-0.1, -0.05) is 97.6 Å². The van der Waals surface area contributed by atoms with Gasteiger partial charge in [-0.25, -0.2) is 4.39 Å². The number of hydrogen-bond acceptors (Lipinski definition) is 0. The van der Waals surface area contributed by atoms with Crippen LogP contribution in [-0.4, -0.2) is 8.07 Å². The molecule has 0 aliphatic carbocycles. The molecule has 0 aromatic heterocycles. The molecule has 0 amide bonds. The zero-order chi connectivity index (χ0) is 17.9. The van der Waals surface area contributed by atoms with Crippen LogP contribution < -0.4 is 0 Å². The van der Waals surface area contributed by atoms with Crippen molar-refractivity contribution in [3.8, 4) is 11.1 Å². The summed E-state index contributed by atoms with van der Waals surface area (Å²) in [5.74, 6) is -0.203. The first-order valence-corrected chi connectivity index (χ1v) is 12.1. The van der Waals surface area contributed by atoms with Crippen LogP contribution in [0.4, 0.5) is 4.39 Å². The van der Waals surface area contributed by atoms with Gasteiger partial charge in [0.15, 0.2) is 0 Å². The summed E-state index contributed by atoms with van der Waals surface area (Å²) in [6.07, 6.45) is 2.32. The zero-order valence-electron chi connectivity index (χ0n) is 15.0. The highest BCUT2D eigenvalue weighted by atomic mass is 28.3. The Balaban J connectivity index is 1.95. The smallest absolute Gasteiger partial charge is 0.123 e. The molecule has 0 saturated carbocycles. The molecule has 0 saturated heterocycles. The minimum absolute atomic E-state index is 0.203. The second-order valence-electron chi connectivity index (χ2n) is 7.30. The summed E-state index contributed by atoms with van der Waals surface area (Å²) in [6.45, 7) is 7.12. The molecule has 2 heteroatoms. The molecule has 0 radical (unpaired) electrons. The van der Waals surface area contributed by atoms with Crippen LogP contribution in [0, 0.1) is 5.82 Å². The lowest BCUT2D eigenvalue weighted by atomic mass is 10.0. The van der Waals surface area contributed by atoms with Gasteiger partial charge < -0.3 is 0 Å². The van der Waals surface area contributed by atoms with Crippen molar-refractivity contribution in [1.29, 1.82) is 0 Å². The van der Waals surface area contributed by atoms with Crippen LogP contribution >= 0.6 is 0 Å². The molecule has 0 aliphatic rings. The third-order valence-corrected chi connectivity index (χ3v) is 6.34. The fraction of sp³-hybridized carbons (Fsp3) is 0.130. The van der Waals surface area contributed by atoms with E-state index in [2.05, 4.69) is 80.3 Å². The highest BCUT2D eigenvalue weighted by molar-refractivity contribution is 6.94. The van der Waals surface area contributed by atoms with Crippen molar-refractivity contribution in [2.75, 3.05) is 0 Å². The van der Waals surface area contributed by atoms with Crippen molar-refractivity contribution >= 4 is 19.3 Å². The summed E-state index contributed by atoms with van der Waals surface area (Å²) in [6, 6.07) is 25.8. The first-order chi connectivity index (χ1) is 11.9. The van der Waals surface area contributed by atoms with Crippen molar-refractivity contribution in [3.63, 3.8) is 0 Å². The highest BCUT2D eigenvalue weighted by Crippen LogP contribution is 2.29. The van der Waals surface area contributed by atoms with Crippen LogP contribution in [0.1, 0.15) is 11.1 Å². The van der Waals surface area contributed by atoms with Gasteiger partial charge in [0.25, 0.3) is 0 Å². The fourth-order valence-electron chi connectivity index (χ4n) is 2.93. The Bertz CT molecular complexity index is 855. The van der Waals surface area contributed by atoms with Crippen molar-refractivity contribution in [2.24, 2.45) is 0 Å². The van der Waals surface area contributed by atoms with Crippen molar-refractivity contribution in [3.05, 3.63) is 95.8 Å². The molecule has 3 rings (SSSR count). The Hall–Kier alpha value is -2.45. The van der Waals surface area contributed by atoms with Gasteiger partial charge in [-0.15, -0.1) is 0 Å². The van der Waals surface area contributed by atoms with Gasteiger partial charge in [0, 0.05) is 0 Å². The number of hydrogen-bond donors (Lipinski definition) is 0. The molecule has 0 aliphatic heterocycles. The van der Waals surface area contributed by atoms with Gasteiger partial charge in [-0.2, -0.15) is 0 Å². The van der Waals surface area contributed by atoms with E-state index in [9.17, 15) is 4.39 Å². The average molecular weight is 347 g/mol. The molecule has 0 nitrogen and oxygen atoms in total. The van der Waals surface area contributed by atoms with E-state index in [0.717, 1.165) is 11.1 Å². The maximum absolute atomic E-state index is 13.1. The number of benzene rings is 3. The van der Waals surface area contributed by atoms with Gasteiger partial charge in [-0.3, -0.25) is 0 Å². The molecule has 0 heterocycles. The minimum atomic E-state index is -1.47. The van der Waals surface area contributed by atoms with Gasteiger partial charge in [0.05, 0.1) is 8.07 Å². The largest absolute Gasteiger partial charge is 0.207 e. The fourth-order valence-corrected chi connectivity index (χ4v) is 4.56. The van der Waals surface area contributed by atoms with E-state index in [4.69, 9.17) is 0 Å². The summed E-state index contributed by atoms with van der Waals surface area (Å²) >= 11 is 0. The van der Waals surface area contributed by atoms with Crippen molar-refractivity contribution in [2.45, 2.75) is 19.6 Å². The lowest BCUT2D eigenvalue weighted by Crippen LogP contribution is -2.22. The SMILES string of the molecule is C[Si](C)(C)/C(=C\c1ccc(-c2ccc(F)cc2)cc1)c1ccccc1. The molecule has 126 valence electrons. The molecule has 3 aromatic carbocycles. The van der Waals surface area contributed by atoms with Gasteiger partial charge >= 0.3 is 0 Å². The van der Waals surface area contributed by atoms with Crippen LogP contribution in [0.25, 0.3) is 22.4 Å². The average Bonchev–Trinajstić information content (AvgIpc) is 2.61. The maximum atomic E-state index is 13.1. The van der Waals surface area contributed by atoms with Crippen molar-refractivity contribution in [1.82, 2.24) is 0 Å². The zero-order valence-corrected chi connectivity index (χ0v) is 16.0. The molecular weight excluding hydrogens is 323 g/mol. The Morgan fingerprint density at radius 1 is 0.720 bits per heavy atom. The first-order valence-electron chi connectivity index (χ1n) is 8.57. The minimum Gasteiger partial charge on any atom is -0.207 e. The van der Waals surface area contributed by atoms with E-state index < -0.39 is 8.07 Å². The molecule has 0 atom stereocenters. The molecule has 0 fully saturated rings. The van der Waals surface area contributed by atoms with Crippen LogP contribution in [0.15, 0.2) is 78.9 Å². The Labute approximate surface area is 150 Å². The Morgan fingerprint density at radius 3 is 1.76 bits per heavy atom. The highest BCUT2D eigenvalue weighted by Gasteiger charge is 2.20. The summed E-state index contributed by atoms with van der Waals surface area (Å²) in [4.78, 5) is 0. The molecule has 0 spiro atoms. The van der Waals surface area contributed by atoms with E-state index in [1.807, 2.05) is 12.1 Å². The third-order valence-electron chi connectivity index (χ3n) is 4.29. The monoisotopic (exact) mass is 346 g/mol. The van der Waals surface area contributed by atoms with Gasteiger partial charge in [0.2, 0.25) is 0 Å².